The van der Waals surface area contributed by atoms with E-state index in [1.807, 2.05) is 0 Å². The van der Waals surface area contributed by atoms with Gasteiger partial charge in [-0.15, -0.1) is 13.2 Å². The van der Waals surface area contributed by atoms with Crippen molar-refractivity contribution in [1.82, 2.24) is 0 Å². The van der Waals surface area contributed by atoms with Gasteiger partial charge in [0.15, 0.2) is 0 Å². The van der Waals surface area contributed by atoms with Gasteiger partial charge in [0.1, 0.15) is 6.10 Å². The number of hydrogen-bond donors (Lipinski definition) is 0. The summed E-state index contributed by atoms with van der Waals surface area (Å²) >= 11 is 0. The van der Waals surface area contributed by atoms with Crippen molar-refractivity contribution in [3.8, 4) is 0 Å². The van der Waals surface area contributed by atoms with E-state index in [9.17, 15) is 18.0 Å². The molecule has 1 aliphatic carbocycles. The Bertz CT molecular complexity index is 196. The summed E-state index contributed by atoms with van der Waals surface area (Å²) in [5.41, 5.74) is 0. The van der Waals surface area contributed by atoms with Crippen molar-refractivity contribution < 1.29 is 27.4 Å². The second-order valence-electron chi connectivity index (χ2n) is 3.18. The molecule has 0 amide bonds. The summed E-state index contributed by atoms with van der Waals surface area (Å²) in [5, 5.41) is 0. The number of carbonyl (C=O) groups excluding carboxylic acids is 1. The number of alkyl halides is 3. The van der Waals surface area contributed by atoms with Crippen LogP contribution in [-0.2, 0) is 9.47 Å². The van der Waals surface area contributed by atoms with Crippen LogP contribution in [0, 0.1) is 0 Å². The van der Waals surface area contributed by atoms with Gasteiger partial charge in [-0.05, 0) is 25.7 Å². The molecule has 0 saturated heterocycles. The number of hydrogen-bond acceptors (Lipinski definition) is 3. The molecule has 0 aromatic carbocycles. The third-order valence-corrected chi connectivity index (χ3v) is 2.01. The van der Waals surface area contributed by atoms with Gasteiger partial charge >= 0.3 is 12.5 Å². The van der Waals surface area contributed by atoms with Crippen molar-refractivity contribution in [2.45, 2.75) is 44.6 Å². The molecule has 0 radical (unpaired) electrons. The first-order chi connectivity index (χ1) is 6.47. The molecule has 0 bridgehead atoms. The highest BCUT2D eigenvalue weighted by Crippen LogP contribution is 2.23. The van der Waals surface area contributed by atoms with Crippen LogP contribution in [0.4, 0.5) is 18.0 Å². The largest absolute Gasteiger partial charge is 0.577 e. The summed E-state index contributed by atoms with van der Waals surface area (Å²) in [6, 6.07) is 0. The van der Waals surface area contributed by atoms with Gasteiger partial charge in [-0.25, -0.2) is 4.79 Å². The molecule has 3 nitrogen and oxygen atoms in total. The highest BCUT2D eigenvalue weighted by molar-refractivity contribution is 5.60. The molecule has 82 valence electrons. The lowest BCUT2D eigenvalue weighted by molar-refractivity contribution is -0.300. The zero-order valence-electron chi connectivity index (χ0n) is 7.47. The predicted octanol–water partition coefficient (Wildman–Crippen LogP) is 2.99. The molecular weight excluding hydrogens is 201 g/mol. The predicted molar refractivity (Wildman–Crippen MR) is 40.5 cm³/mol. The van der Waals surface area contributed by atoms with Crippen molar-refractivity contribution >= 4 is 6.16 Å². The summed E-state index contributed by atoms with van der Waals surface area (Å²) in [6.45, 7) is 0. The van der Waals surface area contributed by atoms with E-state index in [0.717, 1.165) is 19.3 Å². The summed E-state index contributed by atoms with van der Waals surface area (Å²) < 4.78 is 42.2. The molecule has 1 saturated carbocycles. The van der Waals surface area contributed by atoms with Gasteiger partial charge in [0.05, 0.1) is 0 Å². The van der Waals surface area contributed by atoms with Crippen molar-refractivity contribution in [2.24, 2.45) is 0 Å². The van der Waals surface area contributed by atoms with Gasteiger partial charge in [-0.2, -0.15) is 0 Å². The van der Waals surface area contributed by atoms with E-state index in [4.69, 9.17) is 0 Å². The first-order valence-electron chi connectivity index (χ1n) is 4.44. The SMILES string of the molecule is O=C(OC1CCCCC1)OC(F)(F)F. The van der Waals surface area contributed by atoms with Crippen molar-refractivity contribution in [2.75, 3.05) is 0 Å². The van der Waals surface area contributed by atoms with Crippen molar-refractivity contribution in [3.05, 3.63) is 0 Å². The zero-order valence-corrected chi connectivity index (χ0v) is 7.47. The Kier molecular flexibility index (Phi) is 3.60. The van der Waals surface area contributed by atoms with E-state index in [1.54, 1.807) is 0 Å². The van der Waals surface area contributed by atoms with Crippen LogP contribution in [0.15, 0.2) is 0 Å². The first-order valence-corrected chi connectivity index (χ1v) is 4.44. The third kappa shape index (κ3) is 4.34. The minimum atomic E-state index is -4.95. The van der Waals surface area contributed by atoms with Crippen LogP contribution in [-0.4, -0.2) is 18.6 Å². The lowest BCUT2D eigenvalue weighted by atomic mass is 9.98. The molecule has 1 fully saturated rings. The van der Waals surface area contributed by atoms with Gasteiger partial charge < -0.3 is 9.47 Å². The maximum atomic E-state index is 11.5. The molecule has 0 unspecified atom stereocenters. The van der Waals surface area contributed by atoms with Crippen LogP contribution >= 0.6 is 0 Å². The van der Waals surface area contributed by atoms with Crippen LogP contribution in [0.1, 0.15) is 32.1 Å². The van der Waals surface area contributed by atoms with Crippen LogP contribution in [0.2, 0.25) is 0 Å². The van der Waals surface area contributed by atoms with Gasteiger partial charge in [-0.1, -0.05) is 6.42 Å². The van der Waals surface area contributed by atoms with E-state index in [-0.39, 0.29) is 0 Å². The van der Waals surface area contributed by atoms with Crippen LogP contribution in [0.25, 0.3) is 0 Å². The smallest absolute Gasteiger partial charge is 0.431 e. The Morgan fingerprint density at radius 1 is 1.14 bits per heavy atom. The van der Waals surface area contributed by atoms with E-state index in [2.05, 4.69) is 9.47 Å². The van der Waals surface area contributed by atoms with Gasteiger partial charge in [-0.3, -0.25) is 0 Å². The van der Waals surface area contributed by atoms with Crippen LogP contribution in [0.3, 0.4) is 0 Å². The van der Waals surface area contributed by atoms with Gasteiger partial charge in [0.2, 0.25) is 0 Å². The lowest BCUT2D eigenvalue weighted by Gasteiger charge is -2.21. The Balaban J connectivity index is 2.25. The van der Waals surface area contributed by atoms with E-state index in [0.29, 0.717) is 12.8 Å². The Labute approximate surface area is 79.2 Å². The van der Waals surface area contributed by atoms with E-state index >= 15 is 0 Å². The topological polar surface area (TPSA) is 35.5 Å². The Hall–Kier alpha value is -0.940. The first kappa shape index (κ1) is 11.1. The minimum Gasteiger partial charge on any atom is -0.431 e. The molecule has 0 aromatic heterocycles. The highest BCUT2D eigenvalue weighted by atomic mass is 19.4. The van der Waals surface area contributed by atoms with Gasteiger partial charge in [0, 0.05) is 0 Å². The summed E-state index contributed by atoms with van der Waals surface area (Å²) in [7, 11) is 0. The Morgan fingerprint density at radius 3 is 2.21 bits per heavy atom. The average Bonchev–Trinajstić information content (AvgIpc) is 2.02. The highest BCUT2D eigenvalue weighted by Gasteiger charge is 2.35. The molecule has 0 N–H and O–H groups in total. The molecule has 14 heavy (non-hydrogen) atoms. The van der Waals surface area contributed by atoms with E-state index in [1.165, 1.54) is 0 Å². The second kappa shape index (κ2) is 4.52. The minimum absolute atomic E-state index is 0.418. The number of halogens is 3. The number of rotatable bonds is 1. The molecule has 0 spiro atoms. The second-order valence-corrected chi connectivity index (χ2v) is 3.18. The third-order valence-electron chi connectivity index (χ3n) is 2.01. The molecular formula is C8H11F3O3. The van der Waals surface area contributed by atoms with Crippen molar-refractivity contribution in [3.63, 3.8) is 0 Å². The molecule has 6 heteroatoms. The van der Waals surface area contributed by atoms with Crippen LogP contribution in [0.5, 0.6) is 0 Å². The fourth-order valence-electron chi connectivity index (χ4n) is 1.44. The standard InChI is InChI=1S/C8H11F3O3/c9-8(10,11)14-7(12)13-6-4-2-1-3-5-6/h6H,1-5H2. The molecule has 0 aromatic rings. The lowest BCUT2D eigenvalue weighted by Crippen LogP contribution is -2.26. The Morgan fingerprint density at radius 2 is 1.71 bits per heavy atom. The molecule has 1 rings (SSSR count). The summed E-state index contributed by atoms with van der Waals surface area (Å²) in [6.07, 6.45) is -2.99. The molecule has 0 aliphatic heterocycles. The summed E-state index contributed by atoms with van der Waals surface area (Å²) in [5.74, 6) is 0. The van der Waals surface area contributed by atoms with Crippen molar-refractivity contribution in [1.29, 1.82) is 0 Å². The normalized spacial score (nSPS) is 19.1. The maximum absolute atomic E-state index is 11.5. The number of ether oxygens (including phenoxy) is 2. The molecule has 0 atom stereocenters. The van der Waals surface area contributed by atoms with E-state index < -0.39 is 18.6 Å². The quantitative estimate of drug-likeness (QED) is 0.627. The molecule has 0 heterocycles. The summed E-state index contributed by atoms with van der Waals surface area (Å²) in [4.78, 5) is 10.6. The monoisotopic (exact) mass is 212 g/mol. The van der Waals surface area contributed by atoms with Gasteiger partial charge in [0.25, 0.3) is 0 Å². The molecule has 1 aliphatic rings. The fraction of sp³-hybridized carbons (Fsp3) is 0.875. The number of carbonyl (C=O) groups is 1. The zero-order chi connectivity index (χ0) is 10.6. The maximum Gasteiger partial charge on any atom is 0.577 e. The fourth-order valence-corrected chi connectivity index (χ4v) is 1.44. The average molecular weight is 212 g/mol. The van der Waals surface area contributed by atoms with Crippen LogP contribution < -0.4 is 0 Å².